The lowest BCUT2D eigenvalue weighted by Gasteiger charge is -2.44. The summed E-state index contributed by atoms with van der Waals surface area (Å²) in [6.45, 7) is 7.13. The van der Waals surface area contributed by atoms with Crippen molar-refractivity contribution in [3.8, 4) is 0 Å². The number of rotatable bonds is 0. The molecule has 0 spiro atoms. The third-order valence-electron chi connectivity index (χ3n) is 2.55. The summed E-state index contributed by atoms with van der Waals surface area (Å²) < 4.78 is 0. The normalized spacial score (nSPS) is 35.7. The largest absolute Gasteiger partial charge is 0.0954 e. The lowest BCUT2D eigenvalue weighted by Crippen LogP contribution is -2.43. The molecule has 0 aromatic heterocycles. The monoisotopic (exact) mass is 150 g/mol. The average molecular weight is 150 g/mol. The molecule has 0 amide bonds. The van der Waals surface area contributed by atoms with Gasteiger partial charge in [-0.25, -0.2) is 0 Å². The number of hydrogen-bond donors (Lipinski definition) is 0. The first-order valence-corrected chi connectivity index (χ1v) is 5.65. The zero-order valence-corrected chi connectivity index (χ0v) is 7.89. The fraction of sp³-hybridized carbons (Fsp3) is 0.667. The van der Waals surface area contributed by atoms with Gasteiger partial charge in [0.2, 0.25) is 0 Å². The van der Waals surface area contributed by atoms with Crippen molar-refractivity contribution in [1.29, 1.82) is 0 Å². The van der Waals surface area contributed by atoms with E-state index in [0.717, 1.165) is 11.5 Å². The standard InChI is InChI=1S/C9H14Si/c1-9(2,3)10-6-7-4-5-8(7)10/h4-8H,1-3H3/t7-,8+/m0/s1. The van der Waals surface area contributed by atoms with Gasteiger partial charge in [-0.3, -0.25) is 0 Å². The van der Waals surface area contributed by atoms with E-state index in [1.54, 1.807) is 0 Å². The van der Waals surface area contributed by atoms with Crippen molar-refractivity contribution in [3.05, 3.63) is 12.2 Å². The Kier molecular flexibility index (Phi) is 1.11. The van der Waals surface area contributed by atoms with E-state index in [-0.39, 0.29) is 8.41 Å². The predicted molar refractivity (Wildman–Crippen MR) is 47.9 cm³/mol. The number of allylic oxidation sites excluding steroid dienone is 2. The van der Waals surface area contributed by atoms with E-state index < -0.39 is 0 Å². The van der Waals surface area contributed by atoms with Crippen LogP contribution in [0.15, 0.2) is 12.2 Å². The maximum absolute atomic E-state index is 2.59. The lowest BCUT2D eigenvalue weighted by atomic mass is 9.95. The maximum Gasteiger partial charge on any atom is 0.0200 e. The van der Waals surface area contributed by atoms with Gasteiger partial charge in [0.1, 0.15) is 0 Å². The van der Waals surface area contributed by atoms with Crippen LogP contribution in [-0.4, -0.2) is 14.1 Å². The van der Waals surface area contributed by atoms with Crippen molar-refractivity contribution >= 4 is 14.1 Å². The molecule has 0 N–H and O–H groups in total. The van der Waals surface area contributed by atoms with E-state index in [0.29, 0.717) is 5.04 Å². The molecule has 0 bridgehead atoms. The first-order chi connectivity index (χ1) is 4.59. The highest BCUT2D eigenvalue weighted by Crippen LogP contribution is 2.45. The Bertz CT molecular complexity index is 217. The fourth-order valence-electron chi connectivity index (χ4n) is 1.77. The van der Waals surface area contributed by atoms with Gasteiger partial charge >= 0.3 is 0 Å². The quantitative estimate of drug-likeness (QED) is 0.367. The van der Waals surface area contributed by atoms with Crippen LogP contribution in [0, 0.1) is 5.92 Å². The third-order valence-corrected chi connectivity index (χ3v) is 6.32. The molecule has 10 heavy (non-hydrogen) atoms. The number of hydrogen-bond acceptors (Lipinski definition) is 0. The van der Waals surface area contributed by atoms with Crippen LogP contribution in [0.25, 0.3) is 0 Å². The zero-order chi connectivity index (χ0) is 7.35. The van der Waals surface area contributed by atoms with Crippen molar-refractivity contribution in [3.63, 3.8) is 0 Å². The van der Waals surface area contributed by atoms with Crippen molar-refractivity contribution in [2.24, 2.45) is 5.92 Å². The van der Waals surface area contributed by atoms with E-state index in [9.17, 15) is 0 Å². The van der Waals surface area contributed by atoms with Gasteiger partial charge in [0, 0.05) is 8.41 Å². The molecule has 0 radical (unpaired) electrons. The summed E-state index contributed by atoms with van der Waals surface area (Å²) in [5, 5.41) is 0.594. The molecule has 0 unspecified atom stereocenters. The Hall–Kier alpha value is -0.173. The Morgan fingerprint density at radius 1 is 1.20 bits per heavy atom. The van der Waals surface area contributed by atoms with E-state index in [1.807, 2.05) is 0 Å². The molecule has 0 fully saturated rings. The molecule has 1 heteroatoms. The van der Waals surface area contributed by atoms with Crippen molar-refractivity contribution < 1.29 is 0 Å². The van der Waals surface area contributed by atoms with Crippen LogP contribution in [0.3, 0.4) is 0 Å². The van der Waals surface area contributed by atoms with Crippen LogP contribution >= 0.6 is 0 Å². The van der Waals surface area contributed by atoms with Gasteiger partial charge in [-0.2, -0.15) is 0 Å². The third kappa shape index (κ3) is 0.700. The van der Waals surface area contributed by atoms with Gasteiger partial charge in [-0.1, -0.05) is 38.6 Å². The Morgan fingerprint density at radius 3 is 2.00 bits per heavy atom. The molecule has 0 aromatic carbocycles. The Labute approximate surface area is 64.2 Å². The molecule has 0 nitrogen and oxygen atoms in total. The fourth-order valence-corrected chi connectivity index (χ4v) is 4.83. The second-order valence-electron chi connectivity index (χ2n) is 4.36. The lowest BCUT2D eigenvalue weighted by molar-refractivity contribution is 0.680. The minimum absolute atomic E-state index is 0.115. The highest BCUT2D eigenvalue weighted by Gasteiger charge is 2.40. The Morgan fingerprint density at radius 2 is 1.90 bits per heavy atom. The summed E-state index contributed by atoms with van der Waals surface area (Å²) in [5.74, 6) is 0.896. The van der Waals surface area contributed by atoms with Gasteiger partial charge in [-0.05, 0) is 16.5 Å². The molecule has 2 atom stereocenters. The Balaban J connectivity index is 2.18. The molecule has 54 valence electrons. The minimum Gasteiger partial charge on any atom is -0.0954 e. The maximum atomic E-state index is 2.59. The van der Waals surface area contributed by atoms with Crippen LogP contribution in [-0.2, 0) is 0 Å². The second kappa shape index (κ2) is 1.70. The van der Waals surface area contributed by atoms with E-state index >= 15 is 0 Å². The molecule has 1 heterocycles. The molecule has 0 saturated heterocycles. The smallest absolute Gasteiger partial charge is 0.0200 e. The summed E-state index contributed by atoms with van der Waals surface area (Å²) in [4.78, 5) is 0. The summed E-state index contributed by atoms with van der Waals surface area (Å²) in [7, 11) is -0.115. The van der Waals surface area contributed by atoms with Gasteiger partial charge in [-0.15, -0.1) is 0 Å². The highest BCUT2D eigenvalue weighted by molar-refractivity contribution is 6.76. The van der Waals surface area contributed by atoms with Crippen molar-refractivity contribution in [1.82, 2.24) is 0 Å². The SMILES string of the molecule is CC(C)(C)[Si]1=C[C@@H]2C=C[C@H]21. The molecular weight excluding hydrogens is 136 g/mol. The zero-order valence-electron chi connectivity index (χ0n) is 6.89. The first kappa shape index (κ1) is 6.53. The van der Waals surface area contributed by atoms with E-state index in [4.69, 9.17) is 0 Å². The summed E-state index contributed by atoms with van der Waals surface area (Å²) in [5.41, 5.74) is 3.60. The first-order valence-electron chi connectivity index (χ1n) is 3.99. The molecule has 0 saturated carbocycles. The van der Waals surface area contributed by atoms with E-state index in [2.05, 4.69) is 38.6 Å². The van der Waals surface area contributed by atoms with E-state index in [1.165, 1.54) is 0 Å². The van der Waals surface area contributed by atoms with Gasteiger partial charge in [0.15, 0.2) is 0 Å². The topological polar surface area (TPSA) is 0 Å². The second-order valence-corrected chi connectivity index (χ2v) is 7.77. The summed E-state index contributed by atoms with van der Waals surface area (Å²) >= 11 is 0. The van der Waals surface area contributed by atoms with Gasteiger partial charge in [0.25, 0.3) is 0 Å². The molecular formula is C9H14Si. The molecule has 1 aliphatic carbocycles. The minimum atomic E-state index is -0.115. The van der Waals surface area contributed by atoms with Crippen LogP contribution in [0.2, 0.25) is 10.6 Å². The van der Waals surface area contributed by atoms with Crippen LogP contribution < -0.4 is 0 Å². The van der Waals surface area contributed by atoms with Crippen molar-refractivity contribution in [2.75, 3.05) is 0 Å². The van der Waals surface area contributed by atoms with Crippen molar-refractivity contribution in [2.45, 2.75) is 31.4 Å². The molecule has 1 aliphatic heterocycles. The van der Waals surface area contributed by atoms with Crippen LogP contribution in [0.5, 0.6) is 0 Å². The average Bonchev–Trinajstić information content (AvgIpc) is 1.74. The molecule has 0 aromatic rings. The predicted octanol–water partition coefficient (Wildman–Crippen LogP) is 2.24. The van der Waals surface area contributed by atoms with Crippen LogP contribution in [0.4, 0.5) is 0 Å². The highest BCUT2D eigenvalue weighted by atomic mass is 28.2. The van der Waals surface area contributed by atoms with Gasteiger partial charge < -0.3 is 0 Å². The number of fused-ring (bicyclic) bond motifs is 1. The van der Waals surface area contributed by atoms with Gasteiger partial charge in [0.05, 0.1) is 0 Å². The summed E-state index contributed by atoms with van der Waals surface area (Å²) in [6, 6.07) is 0. The van der Waals surface area contributed by atoms with Crippen LogP contribution in [0.1, 0.15) is 20.8 Å². The summed E-state index contributed by atoms with van der Waals surface area (Å²) in [6.07, 6.45) is 4.74. The molecule has 2 aliphatic rings. The molecule has 2 rings (SSSR count).